The van der Waals surface area contributed by atoms with Crippen molar-refractivity contribution < 1.29 is 13.2 Å². The highest BCUT2D eigenvalue weighted by atomic mass is 127. The molecule has 0 aromatic carbocycles. The normalized spacial score (nSPS) is 16.2. The Morgan fingerprint density at radius 1 is 1.36 bits per heavy atom. The van der Waals surface area contributed by atoms with Gasteiger partial charge in [-0.2, -0.15) is 13.2 Å². The second-order valence-electron chi connectivity index (χ2n) is 5.71. The molecule has 0 radical (unpaired) electrons. The molecule has 25 heavy (non-hydrogen) atoms. The molecule has 0 atom stereocenters. The maximum absolute atomic E-state index is 12.9. The highest BCUT2D eigenvalue weighted by Gasteiger charge is 2.32. The Bertz CT molecular complexity index is 770. The van der Waals surface area contributed by atoms with Crippen LogP contribution in [0.2, 0.25) is 5.02 Å². The molecule has 11 heteroatoms. The fourth-order valence-corrected chi connectivity index (χ4v) is 2.99. The SMILES string of the molecule is I.NC(=NCc1nnc2c(Cl)cc(C(F)(F)F)cn12)NC1CCCC1. The second-order valence-corrected chi connectivity index (χ2v) is 6.12. The molecule has 0 amide bonds. The summed E-state index contributed by atoms with van der Waals surface area (Å²) in [6, 6.07) is 1.13. The van der Waals surface area contributed by atoms with Crippen LogP contribution in [0.15, 0.2) is 17.3 Å². The molecule has 1 aliphatic carbocycles. The first-order valence-corrected chi connectivity index (χ1v) is 7.89. The van der Waals surface area contributed by atoms with E-state index in [1.807, 2.05) is 0 Å². The zero-order valence-electron chi connectivity index (χ0n) is 13.1. The zero-order chi connectivity index (χ0) is 17.3. The number of rotatable bonds is 3. The minimum absolute atomic E-state index is 0. The van der Waals surface area contributed by atoms with Gasteiger partial charge in [0, 0.05) is 12.2 Å². The van der Waals surface area contributed by atoms with Crippen LogP contribution < -0.4 is 11.1 Å². The van der Waals surface area contributed by atoms with Crippen molar-refractivity contribution in [3.05, 3.63) is 28.7 Å². The molecular weight excluding hydrogens is 472 g/mol. The van der Waals surface area contributed by atoms with Crippen molar-refractivity contribution in [2.24, 2.45) is 10.7 Å². The number of hydrogen-bond acceptors (Lipinski definition) is 3. The van der Waals surface area contributed by atoms with Gasteiger partial charge in [0.05, 0.1) is 10.6 Å². The Hall–Kier alpha value is -1.30. The summed E-state index contributed by atoms with van der Waals surface area (Å²) in [6.45, 7) is 0.00432. The lowest BCUT2D eigenvalue weighted by molar-refractivity contribution is -0.137. The molecule has 0 bridgehead atoms. The molecule has 0 aliphatic heterocycles. The molecule has 1 fully saturated rings. The molecule has 6 nitrogen and oxygen atoms in total. The lowest BCUT2D eigenvalue weighted by Gasteiger charge is -2.12. The monoisotopic (exact) mass is 488 g/mol. The summed E-state index contributed by atoms with van der Waals surface area (Å²) in [5, 5.41) is 10.6. The van der Waals surface area contributed by atoms with E-state index in [4.69, 9.17) is 17.3 Å². The second kappa shape index (κ2) is 7.94. The van der Waals surface area contributed by atoms with E-state index in [2.05, 4.69) is 20.5 Å². The van der Waals surface area contributed by atoms with Gasteiger partial charge in [0.1, 0.15) is 6.54 Å². The van der Waals surface area contributed by atoms with Gasteiger partial charge in [0.15, 0.2) is 17.4 Å². The summed E-state index contributed by atoms with van der Waals surface area (Å²) >= 11 is 5.86. The highest BCUT2D eigenvalue weighted by Crippen LogP contribution is 2.32. The largest absolute Gasteiger partial charge is 0.417 e. The van der Waals surface area contributed by atoms with Crippen LogP contribution in [0.25, 0.3) is 5.65 Å². The Labute approximate surface area is 164 Å². The minimum Gasteiger partial charge on any atom is -0.370 e. The first-order valence-electron chi connectivity index (χ1n) is 7.51. The first-order chi connectivity index (χ1) is 11.3. The van der Waals surface area contributed by atoms with E-state index in [0.29, 0.717) is 6.04 Å². The number of fused-ring (bicyclic) bond motifs is 1. The molecule has 3 rings (SSSR count). The van der Waals surface area contributed by atoms with Gasteiger partial charge in [-0.3, -0.25) is 4.40 Å². The van der Waals surface area contributed by atoms with Crippen LogP contribution in [-0.4, -0.2) is 26.6 Å². The third-order valence-corrected chi connectivity index (χ3v) is 4.23. The summed E-state index contributed by atoms with van der Waals surface area (Å²) in [7, 11) is 0. The fraction of sp³-hybridized carbons (Fsp3) is 0.500. The third-order valence-electron chi connectivity index (χ3n) is 3.96. The first kappa shape index (κ1) is 20.0. The summed E-state index contributed by atoms with van der Waals surface area (Å²) in [5.41, 5.74) is 5.10. The van der Waals surface area contributed by atoms with Crippen molar-refractivity contribution >= 4 is 47.2 Å². The lowest BCUT2D eigenvalue weighted by atomic mass is 10.2. The van der Waals surface area contributed by atoms with Crippen molar-refractivity contribution in [3.8, 4) is 0 Å². The number of hydrogen-bond donors (Lipinski definition) is 2. The quantitative estimate of drug-likeness (QED) is 0.394. The Balaban J connectivity index is 0.00000225. The van der Waals surface area contributed by atoms with Crippen LogP contribution in [-0.2, 0) is 12.7 Å². The van der Waals surface area contributed by atoms with Gasteiger partial charge in [0.25, 0.3) is 0 Å². The van der Waals surface area contributed by atoms with Crippen LogP contribution in [0.3, 0.4) is 0 Å². The molecule has 0 unspecified atom stereocenters. The van der Waals surface area contributed by atoms with Crippen molar-refractivity contribution in [1.29, 1.82) is 0 Å². The number of nitrogens with zero attached hydrogens (tertiary/aromatic N) is 4. The average Bonchev–Trinajstić information content (AvgIpc) is 3.13. The van der Waals surface area contributed by atoms with Crippen LogP contribution in [0.1, 0.15) is 37.1 Å². The maximum atomic E-state index is 12.9. The van der Waals surface area contributed by atoms with E-state index in [9.17, 15) is 13.2 Å². The van der Waals surface area contributed by atoms with Crippen molar-refractivity contribution in [2.45, 2.75) is 44.4 Å². The lowest BCUT2D eigenvalue weighted by Crippen LogP contribution is -2.38. The molecule has 138 valence electrons. The number of nitrogens with one attached hydrogen (secondary N) is 1. The van der Waals surface area contributed by atoms with Crippen LogP contribution in [0.5, 0.6) is 0 Å². The smallest absolute Gasteiger partial charge is 0.370 e. The number of nitrogens with two attached hydrogens (primary N) is 1. The van der Waals surface area contributed by atoms with Crippen molar-refractivity contribution in [2.75, 3.05) is 0 Å². The summed E-state index contributed by atoms with van der Waals surface area (Å²) < 4.78 is 39.9. The van der Waals surface area contributed by atoms with Gasteiger partial charge in [-0.25, -0.2) is 4.99 Å². The topological polar surface area (TPSA) is 80.6 Å². The van der Waals surface area contributed by atoms with Crippen LogP contribution in [0, 0.1) is 0 Å². The van der Waals surface area contributed by atoms with E-state index < -0.39 is 11.7 Å². The fourth-order valence-electron chi connectivity index (χ4n) is 2.74. The summed E-state index contributed by atoms with van der Waals surface area (Å²) in [4.78, 5) is 4.14. The van der Waals surface area contributed by atoms with Crippen LogP contribution in [0.4, 0.5) is 13.2 Å². The highest BCUT2D eigenvalue weighted by molar-refractivity contribution is 14.0. The molecule has 0 saturated heterocycles. The molecule has 1 aliphatic rings. The number of aromatic nitrogens is 3. The van der Waals surface area contributed by atoms with E-state index in [1.54, 1.807) is 0 Å². The minimum atomic E-state index is -4.51. The molecule has 0 spiro atoms. The van der Waals surface area contributed by atoms with Gasteiger partial charge in [-0.1, -0.05) is 24.4 Å². The van der Waals surface area contributed by atoms with Gasteiger partial charge < -0.3 is 11.1 Å². The Kier molecular flexibility index (Phi) is 6.35. The summed E-state index contributed by atoms with van der Waals surface area (Å²) in [5.74, 6) is 0.478. The van der Waals surface area contributed by atoms with Gasteiger partial charge in [0.2, 0.25) is 0 Å². The van der Waals surface area contributed by atoms with Gasteiger partial charge >= 0.3 is 6.18 Å². The van der Waals surface area contributed by atoms with Crippen molar-refractivity contribution in [1.82, 2.24) is 19.9 Å². The number of halogens is 5. The molecule has 3 N–H and O–H groups in total. The number of guanidine groups is 1. The predicted octanol–water partition coefficient (Wildman–Crippen LogP) is 3.37. The standard InChI is InChI=1S/C14H16ClF3N6.HI/c15-10-5-8(14(16,17)18)7-24-11(22-23-12(10)24)6-20-13(19)21-9-3-1-2-4-9;/h5,7,9H,1-4,6H2,(H3,19,20,21);1H. The predicted molar refractivity (Wildman–Crippen MR) is 99.1 cm³/mol. The number of alkyl halides is 3. The van der Waals surface area contributed by atoms with E-state index in [-0.39, 0.29) is 53.0 Å². The average molecular weight is 489 g/mol. The summed E-state index contributed by atoms with van der Waals surface area (Å²) in [6.07, 6.45) is 0.776. The van der Waals surface area contributed by atoms with Crippen LogP contribution >= 0.6 is 35.6 Å². The van der Waals surface area contributed by atoms with E-state index in [1.165, 1.54) is 4.40 Å². The van der Waals surface area contributed by atoms with E-state index >= 15 is 0 Å². The molecule has 2 heterocycles. The molecule has 2 aromatic rings. The number of pyridine rings is 1. The zero-order valence-corrected chi connectivity index (χ0v) is 16.1. The molecule has 1 saturated carbocycles. The third kappa shape index (κ3) is 4.66. The molecule has 2 aromatic heterocycles. The maximum Gasteiger partial charge on any atom is 0.417 e. The van der Waals surface area contributed by atoms with E-state index in [0.717, 1.165) is 37.9 Å². The van der Waals surface area contributed by atoms with Gasteiger partial charge in [-0.05, 0) is 18.9 Å². The Morgan fingerprint density at radius 3 is 2.68 bits per heavy atom. The number of aliphatic imine (C=N–C) groups is 1. The molecular formula is C14H17ClF3IN6. The Morgan fingerprint density at radius 2 is 2.04 bits per heavy atom. The van der Waals surface area contributed by atoms with Gasteiger partial charge in [-0.15, -0.1) is 34.2 Å². The van der Waals surface area contributed by atoms with Crippen molar-refractivity contribution in [3.63, 3.8) is 0 Å².